The molecule has 0 aromatic rings. The zero-order chi connectivity index (χ0) is 12.3. The lowest BCUT2D eigenvalue weighted by Gasteiger charge is -2.36. The van der Waals surface area contributed by atoms with Crippen molar-refractivity contribution in [2.45, 2.75) is 25.8 Å². The minimum absolute atomic E-state index is 0.361. The van der Waals surface area contributed by atoms with Gasteiger partial charge in [0, 0.05) is 33.2 Å². The second kappa shape index (κ2) is 5.44. The fourth-order valence-electron chi connectivity index (χ4n) is 2.06. The molecule has 1 saturated heterocycles. The Labute approximate surface area is 99.0 Å². The number of piperidine rings is 1. The maximum Gasteiger partial charge on any atom is 0.281 e. The van der Waals surface area contributed by atoms with Gasteiger partial charge in [-0.25, -0.2) is 0 Å². The monoisotopic (exact) mass is 249 g/mol. The van der Waals surface area contributed by atoms with Crippen LogP contribution in [-0.4, -0.2) is 57.3 Å². The highest BCUT2D eigenvalue weighted by Gasteiger charge is 2.31. The standard InChI is InChI=1S/C10H23N3O2S/c1-9(11-2)10-6-5-7-13(8-10)16(14,15)12(3)4/h9-11H,5-8H2,1-4H3. The van der Waals surface area contributed by atoms with E-state index in [1.807, 2.05) is 7.05 Å². The van der Waals surface area contributed by atoms with E-state index >= 15 is 0 Å². The molecule has 0 aromatic heterocycles. The van der Waals surface area contributed by atoms with E-state index in [4.69, 9.17) is 0 Å². The summed E-state index contributed by atoms with van der Waals surface area (Å²) in [4.78, 5) is 0. The largest absolute Gasteiger partial charge is 0.317 e. The maximum atomic E-state index is 12.0. The van der Waals surface area contributed by atoms with Gasteiger partial charge >= 0.3 is 0 Å². The average Bonchev–Trinajstić information content (AvgIpc) is 2.28. The zero-order valence-corrected chi connectivity index (χ0v) is 11.4. The predicted octanol–water partition coefficient (Wildman–Crippen LogP) is 0.113. The van der Waals surface area contributed by atoms with Crippen LogP contribution in [0.1, 0.15) is 19.8 Å². The molecule has 1 aliphatic heterocycles. The second-order valence-electron chi connectivity index (χ2n) is 4.63. The number of nitrogens with one attached hydrogen (secondary N) is 1. The first-order valence-corrected chi connectivity index (χ1v) is 7.14. The highest BCUT2D eigenvalue weighted by atomic mass is 32.2. The third kappa shape index (κ3) is 2.94. The van der Waals surface area contributed by atoms with E-state index in [0.717, 1.165) is 12.8 Å². The van der Waals surface area contributed by atoms with E-state index in [-0.39, 0.29) is 0 Å². The lowest BCUT2D eigenvalue weighted by molar-refractivity contribution is 0.221. The Hall–Kier alpha value is -0.170. The molecule has 0 aromatic carbocycles. The molecule has 0 aliphatic carbocycles. The van der Waals surface area contributed by atoms with Crippen LogP contribution in [0.4, 0.5) is 0 Å². The van der Waals surface area contributed by atoms with Gasteiger partial charge in [-0.2, -0.15) is 17.0 Å². The van der Waals surface area contributed by atoms with Crippen LogP contribution in [-0.2, 0) is 10.2 Å². The van der Waals surface area contributed by atoms with Crippen molar-refractivity contribution >= 4 is 10.2 Å². The van der Waals surface area contributed by atoms with Crippen LogP contribution in [0.15, 0.2) is 0 Å². The third-order valence-corrected chi connectivity index (χ3v) is 5.28. The number of hydrogen-bond acceptors (Lipinski definition) is 3. The van der Waals surface area contributed by atoms with Gasteiger partial charge in [0.15, 0.2) is 0 Å². The molecule has 1 aliphatic rings. The van der Waals surface area contributed by atoms with Crippen LogP contribution in [0.25, 0.3) is 0 Å². The van der Waals surface area contributed by atoms with Crippen LogP contribution >= 0.6 is 0 Å². The molecule has 0 amide bonds. The average molecular weight is 249 g/mol. The van der Waals surface area contributed by atoms with Gasteiger partial charge in [-0.05, 0) is 32.7 Å². The molecule has 1 fully saturated rings. The van der Waals surface area contributed by atoms with Crippen molar-refractivity contribution in [2.24, 2.45) is 5.92 Å². The molecule has 0 spiro atoms. The van der Waals surface area contributed by atoms with Gasteiger partial charge in [0.1, 0.15) is 0 Å². The first-order valence-electron chi connectivity index (χ1n) is 5.74. The normalized spacial score (nSPS) is 25.9. The summed E-state index contributed by atoms with van der Waals surface area (Å²) in [7, 11) is 1.85. The smallest absolute Gasteiger partial charge is 0.281 e. The quantitative estimate of drug-likeness (QED) is 0.769. The number of rotatable bonds is 4. The summed E-state index contributed by atoms with van der Waals surface area (Å²) in [5.41, 5.74) is 0. The van der Waals surface area contributed by atoms with Gasteiger partial charge in [0.2, 0.25) is 0 Å². The first kappa shape index (κ1) is 13.9. The molecule has 2 unspecified atom stereocenters. The molecule has 1 rings (SSSR count). The molecule has 0 bridgehead atoms. The fourth-order valence-corrected chi connectivity index (χ4v) is 3.26. The Bertz CT molecular complexity index is 316. The maximum absolute atomic E-state index is 12.0. The molecular formula is C10H23N3O2S. The molecule has 1 heterocycles. The van der Waals surface area contributed by atoms with Gasteiger partial charge in [-0.3, -0.25) is 0 Å². The van der Waals surface area contributed by atoms with Crippen LogP contribution in [0, 0.1) is 5.92 Å². The van der Waals surface area contributed by atoms with Crippen molar-refractivity contribution in [1.82, 2.24) is 13.9 Å². The van der Waals surface area contributed by atoms with Gasteiger partial charge in [-0.1, -0.05) is 0 Å². The lowest BCUT2D eigenvalue weighted by Crippen LogP contribution is -2.49. The summed E-state index contributed by atoms with van der Waals surface area (Å²) >= 11 is 0. The third-order valence-electron chi connectivity index (χ3n) is 3.37. The van der Waals surface area contributed by atoms with E-state index in [1.54, 1.807) is 18.4 Å². The number of nitrogens with zero attached hydrogens (tertiary/aromatic N) is 2. The highest BCUT2D eigenvalue weighted by Crippen LogP contribution is 2.22. The summed E-state index contributed by atoms with van der Waals surface area (Å²) < 4.78 is 26.8. The lowest BCUT2D eigenvalue weighted by atomic mass is 9.93. The van der Waals surface area contributed by atoms with Crippen LogP contribution < -0.4 is 5.32 Å². The Morgan fingerprint density at radius 3 is 2.56 bits per heavy atom. The first-order chi connectivity index (χ1) is 7.39. The molecule has 1 N–H and O–H groups in total. The van der Waals surface area contributed by atoms with Crippen molar-refractivity contribution in [3.05, 3.63) is 0 Å². The van der Waals surface area contributed by atoms with Crippen molar-refractivity contribution < 1.29 is 8.42 Å². The van der Waals surface area contributed by atoms with Crippen molar-refractivity contribution in [1.29, 1.82) is 0 Å². The Kier molecular flexibility index (Phi) is 4.73. The SMILES string of the molecule is CNC(C)C1CCCN(S(=O)(=O)N(C)C)C1. The van der Waals surface area contributed by atoms with E-state index in [2.05, 4.69) is 12.2 Å². The van der Waals surface area contributed by atoms with Gasteiger partial charge in [-0.15, -0.1) is 0 Å². The van der Waals surface area contributed by atoms with Crippen molar-refractivity contribution in [3.8, 4) is 0 Å². The van der Waals surface area contributed by atoms with Crippen LogP contribution in [0.3, 0.4) is 0 Å². The van der Waals surface area contributed by atoms with E-state index < -0.39 is 10.2 Å². The molecule has 5 nitrogen and oxygen atoms in total. The van der Waals surface area contributed by atoms with Crippen molar-refractivity contribution in [2.75, 3.05) is 34.2 Å². The van der Waals surface area contributed by atoms with E-state index in [1.165, 1.54) is 4.31 Å². The van der Waals surface area contributed by atoms with Gasteiger partial charge < -0.3 is 5.32 Å². The molecule has 16 heavy (non-hydrogen) atoms. The topological polar surface area (TPSA) is 52.7 Å². The van der Waals surface area contributed by atoms with E-state index in [0.29, 0.717) is 25.0 Å². The minimum atomic E-state index is -3.24. The van der Waals surface area contributed by atoms with Crippen LogP contribution in [0.5, 0.6) is 0 Å². The minimum Gasteiger partial charge on any atom is -0.317 e. The second-order valence-corrected chi connectivity index (χ2v) is 6.77. The van der Waals surface area contributed by atoms with Gasteiger partial charge in [0.25, 0.3) is 10.2 Å². The Morgan fingerprint density at radius 2 is 2.06 bits per heavy atom. The summed E-state index contributed by atoms with van der Waals surface area (Å²) in [6.45, 7) is 3.38. The molecule has 2 atom stereocenters. The molecule has 0 radical (unpaired) electrons. The predicted molar refractivity (Wildman–Crippen MR) is 65.4 cm³/mol. The summed E-state index contributed by atoms with van der Waals surface area (Å²) in [5, 5.41) is 3.20. The summed E-state index contributed by atoms with van der Waals surface area (Å²) in [5.74, 6) is 0.411. The molecule has 96 valence electrons. The van der Waals surface area contributed by atoms with Gasteiger partial charge in [0.05, 0.1) is 0 Å². The zero-order valence-electron chi connectivity index (χ0n) is 10.6. The summed E-state index contributed by atoms with van der Waals surface area (Å²) in [6.07, 6.45) is 2.05. The molecule has 6 heteroatoms. The molecular weight excluding hydrogens is 226 g/mol. The fraction of sp³-hybridized carbons (Fsp3) is 1.00. The number of hydrogen-bond donors (Lipinski definition) is 1. The highest BCUT2D eigenvalue weighted by molar-refractivity contribution is 7.86. The molecule has 0 saturated carbocycles. The van der Waals surface area contributed by atoms with Crippen LogP contribution in [0.2, 0.25) is 0 Å². The Morgan fingerprint density at radius 1 is 1.44 bits per heavy atom. The Balaban J connectivity index is 2.71. The van der Waals surface area contributed by atoms with E-state index in [9.17, 15) is 8.42 Å². The summed E-state index contributed by atoms with van der Waals surface area (Å²) in [6, 6.07) is 0.361. The van der Waals surface area contributed by atoms with Crippen molar-refractivity contribution in [3.63, 3.8) is 0 Å².